The summed E-state index contributed by atoms with van der Waals surface area (Å²) in [5.41, 5.74) is 2.26. The Morgan fingerprint density at radius 2 is 1.92 bits per heavy atom. The molecule has 0 spiro atoms. The monoisotopic (exact) mass is 178 g/mol. The summed E-state index contributed by atoms with van der Waals surface area (Å²) in [5, 5.41) is 0. The molecule has 1 rings (SSSR count). The van der Waals surface area contributed by atoms with Gasteiger partial charge in [-0.1, -0.05) is 29.8 Å². The summed E-state index contributed by atoms with van der Waals surface area (Å²) in [6.45, 7) is 2.23. The van der Waals surface area contributed by atoms with E-state index in [9.17, 15) is 4.79 Å². The van der Waals surface area contributed by atoms with E-state index in [0.717, 1.165) is 5.56 Å². The van der Waals surface area contributed by atoms with Crippen LogP contribution in [0.5, 0.6) is 0 Å². The molecule has 0 unspecified atom stereocenters. The molecule has 2 heteroatoms. The zero-order chi connectivity index (χ0) is 9.68. The van der Waals surface area contributed by atoms with E-state index in [1.54, 1.807) is 0 Å². The van der Waals surface area contributed by atoms with Crippen molar-refractivity contribution < 1.29 is 9.53 Å². The van der Waals surface area contributed by atoms with E-state index >= 15 is 0 Å². The molecule has 0 aromatic heterocycles. The molecule has 0 bridgehead atoms. The predicted molar refractivity (Wildman–Crippen MR) is 51.8 cm³/mol. The number of methoxy groups -OCH3 is 1. The van der Waals surface area contributed by atoms with Crippen molar-refractivity contribution in [3.8, 4) is 0 Å². The maximum Gasteiger partial charge on any atom is 0.162 e. The molecule has 0 saturated carbocycles. The second-order valence-corrected chi connectivity index (χ2v) is 3.13. The lowest BCUT2D eigenvalue weighted by Crippen LogP contribution is -2.09. The lowest BCUT2D eigenvalue weighted by atomic mass is 10.1. The Kier molecular flexibility index (Phi) is 3.65. The number of aryl methyl sites for hydroxylation is 1. The Morgan fingerprint density at radius 1 is 1.31 bits per heavy atom. The molecule has 0 N–H and O–H groups in total. The van der Waals surface area contributed by atoms with Gasteiger partial charge in [-0.15, -0.1) is 0 Å². The molecular weight excluding hydrogens is 164 g/mol. The first-order valence-electron chi connectivity index (χ1n) is 4.28. The minimum absolute atomic E-state index is 0.117. The topological polar surface area (TPSA) is 26.3 Å². The van der Waals surface area contributed by atoms with Crippen molar-refractivity contribution in [1.82, 2.24) is 0 Å². The van der Waals surface area contributed by atoms with Gasteiger partial charge < -0.3 is 4.74 Å². The van der Waals surface area contributed by atoms with Crippen molar-refractivity contribution in [1.29, 1.82) is 0 Å². The van der Waals surface area contributed by atoms with Crippen molar-refractivity contribution >= 4 is 5.78 Å². The van der Waals surface area contributed by atoms with Crippen molar-refractivity contribution in [3.05, 3.63) is 35.4 Å². The van der Waals surface area contributed by atoms with Gasteiger partial charge in [0, 0.05) is 13.5 Å². The number of hydrogen-bond acceptors (Lipinski definition) is 2. The summed E-state index contributed by atoms with van der Waals surface area (Å²) >= 11 is 0. The van der Waals surface area contributed by atoms with E-state index in [1.807, 2.05) is 31.2 Å². The van der Waals surface area contributed by atoms with Crippen molar-refractivity contribution in [3.63, 3.8) is 0 Å². The average molecular weight is 178 g/mol. The van der Waals surface area contributed by atoms with Gasteiger partial charge in [0.1, 0.15) is 6.61 Å². The van der Waals surface area contributed by atoms with Crippen LogP contribution in [0.25, 0.3) is 0 Å². The SMILES string of the molecule is COCC(=O)Cc1ccc(C)cc1. The zero-order valence-electron chi connectivity index (χ0n) is 8.04. The highest BCUT2D eigenvalue weighted by Gasteiger charge is 2.01. The maximum absolute atomic E-state index is 11.2. The molecule has 0 atom stereocenters. The number of hydrogen-bond donors (Lipinski definition) is 0. The van der Waals surface area contributed by atoms with Crippen molar-refractivity contribution in [2.24, 2.45) is 0 Å². The summed E-state index contributed by atoms with van der Waals surface area (Å²) in [4.78, 5) is 11.2. The molecule has 1 aromatic rings. The standard InChI is InChI=1S/C11H14O2/c1-9-3-5-10(6-4-9)7-11(12)8-13-2/h3-6H,7-8H2,1-2H3. The van der Waals surface area contributed by atoms with Gasteiger partial charge in [-0.2, -0.15) is 0 Å². The average Bonchev–Trinajstić information content (AvgIpc) is 2.09. The fourth-order valence-electron chi connectivity index (χ4n) is 1.15. The van der Waals surface area contributed by atoms with Gasteiger partial charge in [-0.25, -0.2) is 0 Å². The molecule has 0 aliphatic rings. The summed E-state index contributed by atoms with van der Waals surface area (Å²) in [6.07, 6.45) is 0.466. The third-order valence-electron chi connectivity index (χ3n) is 1.83. The number of ketones is 1. The van der Waals surface area contributed by atoms with E-state index in [-0.39, 0.29) is 12.4 Å². The van der Waals surface area contributed by atoms with Gasteiger partial charge in [0.25, 0.3) is 0 Å². The van der Waals surface area contributed by atoms with Crippen LogP contribution in [-0.2, 0) is 16.0 Å². The van der Waals surface area contributed by atoms with Crippen LogP contribution < -0.4 is 0 Å². The second kappa shape index (κ2) is 4.77. The number of carbonyl (C=O) groups excluding carboxylic acids is 1. The highest BCUT2D eigenvalue weighted by Crippen LogP contribution is 2.04. The smallest absolute Gasteiger partial charge is 0.162 e. The fraction of sp³-hybridized carbons (Fsp3) is 0.364. The van der Waals surface area contributed by atoms with Gasteiger partial charge in [-0.05, 0) is 12.5 Å². The number of rotatable bonds is 4. The number of ether oxygens (including phenoxy) is 1. The quantitative estimate of drug-likeness (QED) is 0.702. The highest BCUT2D eigenvalue weighted by atomic mass is 16.5. The molecule has 0 amide bonds. The fourth-order valence-corrected chi connectivity index (χ4v) is 1.15. The lowest BCUT2D eigenvalue weighted by Gasteiger charge is -2.00. The molecule has 0 aliphatic heterocycles. The third-order valence-corrected chi connectivity index (χ3v) is 1.83. The number of carbonyl (C=O) groups is 1. The van der Waals surface area contributed by atoms with E-state index in [4.69, 9.17) is 4.74 Å². The van der Waals surface area contributed by atoms with Crippen LogP contribution in [0.3, 0.4) is 0 Å². The summed E-state index contributed by atoms with van der Waals surface area (Å²) < 4.78 is 4.75. The van der Waals surface area contributed by atoms with E-state index in [0.29, 0.717) is 6.42 Å². The van der Waals surface area contributed by atoms with Crippen molar-refractivity contribution in [2.75, 3.05) is 13.7 Å². The predicted octanol–water partition coefficient (Wildman–Crippen LogP) is 1.75. The Hall–Kier alpha value is -1.15. The molecule has 2 nitrogen and oxygen atoms in total. The largest absolute Gasteiger partial charge is 0.377 e. The van der Waals surface area contributed by atoms with Crippen LogP contribution in [-0.4, -0.2) is 19.5 Å². The molecule has 0 aliphatic carbocycles. The first-order valence-corrected chi connectivity index (χ1v) is 4.28. The molecule has 0 radical (unpaired) electrons. The molecule has 70 valence electrons. The van der Waals surface area contributed by atoms with Gasteiger partial charge in [0.15, 0.2) is 5.78 Å². The summed E-state index contributed by atoms with van der Waals surface area (Å²) in [7, 11) is 1.53. The molecule has 1 aromatic carbocycles. The number of benzene rings is 1. The lowest BCUT2D eigenvalue weighted by molar-refractivity contribution is -0.121. The Morgan fingerprint density at radius 3 is 2.46 bits per heavy atom. The van der Waals surface area contributed by atoms with E-state index < -0.39 is 0 Å². The maximum atomic E-state index is 11.2. The first-order chi connectivity index (χ1) is 6.22. The molecule has 0 saturated heterocycles. The first kappa shape index (κ1) is 9.93. The molecule has 0 heterocycles. The van der Waals surface area contributed by atoms with E-state index in [2.05, 4.69) is 0 Å². The van der Waals surface area contributed by atoms with Gasteiger partial charge in [0.2, 0.25) is 0 Å². The Bertz CT molecular complexity index is 275. The zero-order valence-corrected chi connectivity index (χ0v) is 8.04. The Labute approximate surface area is 78.5 Å². The Balaban J connectivity index is 2.54. The van der Waals surface area contributed by atoms with Crippen LogP contribution in [0.2, 0.25) is 0 Å². The van der Waals surface area contributed by atoms with Crippen LogP contribution >= 0.6 is 0 Å². The van der Waals surface area contributed by atoms with Gasteiger partial charge >= 0.3 is 0 Å². The van der Waals surface area contributed by atoms with Crippen LogP contribution in [0.4, 0.5) is 0 Å². The van der Waals surface area contributed by atoms with Crippen LogP contribution in [0.1, 0.15) is 11.1 Å². The van der Waals surface area contributed by atoms with Crippen LogP contribution in [0, 0.1) is 6.92 Å². The molecule has 13 heavy (non-hydrogen) atoms. The molecule has 0 fully saturated rings. The minimum Gasteiger partial charge on any atom is -0.377 e. The number of Topliss-reactive ketones (excluding diaryl/α,β-unsaturated/α-hetero) is 1. The highest BCUT2D eigenvalue weighted by molar-refractivity contribution is 5.82. The van der Waals surface area contributed by atoms with E-state index in [1.165, 1.54) is 12.7 Å². The van der Waals surface area contributed by atoms with Crippen LogP contribution in [0.15, 0.2) is 24.3 Å². The van der Waals surface area contributed by atoms with Gasteiger partial charge in [0.05, 0.1) is 0 Å². The minimum atomic E-state index is 0.117. The second-order valence-electron chi connectivity index (χ2n) is 3.13. The molecular formula is C11H14O2. The summed E-state index contributed by atoms with van der Waals surface area (Å²) in [5.74, 6) is 0.117. The summed E-state index contributed by atoms with van der Waals surface area (Å²) in [6, 6.07) is 7.97. The van der Waals surface area contributed by atoms with Crippen molar-refractivity contribution in [2.45, 2.75) is 13.3 Å². The van der Waals surface area contributed by atoms with Gasteiger partial charge in [-0.3, -0.25) is 4.79 Å². The normalized spacial score (nSPS) is 10.0. The third kappa shape index (κ3) is 3.38.